The van der Waals surface area contributed by atoms with Crippen LogP contribution in [0.1, 0.15) is 37.2 Å². The van der Waals surface area contributed by atoms with Crippen LogP contribution in [0.4, 0.5) is 0 Å². The van der Waals surface area contributed by atoms with E-state index < -0.39 is 0 Å². The molecule has 0 unspecified atom stereocenters. The molecule has 1 amide bonds. The molecule has 4 heteroatoms. The van der Waals surface area contributed by atoms with Crippen LogP contribution in [-0.2, 0) is 0 Å². The summed E-state index contributed by atoms with van der Waals surface area (Å²) in [4.78, 5) is 16.5. The van der Waals surface area contributed by atoms with E-state index in [0.717, 1.165) is 51.5 Å². The summed E-state index contributed by atoms with van der Waals surface area (Å²) in [6, 6.07) is 3.50. The van der Waals surface area contributed by atoms with Gasteiger partial charge in [0.2, 0.25) is 0 Å². The third-order valence-corrected chi connectivity index (χ3v) is 4.04. The lowest BCUT2D eigenvalue weighted by Crippen LogP contribution is -2.41. The van der Waals surface area contributed by atoms with Gasteiger partial charge < -0.3 is 14.2 Å². The summed E-state index contributed by atoms with van der Waals surface area (Å²) < 4.78 is 5.18. The highest BCUT2D eigenvalue weighted by Crippen LogP contribution is 2.20. The predicted molar refractivity (Wildman–Crippen MR) is 75.1 cm³/mol. The summed E-state index contributed by atoms with van der Waals surface area (Å²) in [6.45, 7) is 9.51. The van der Waals surface area contributed by atoms with Crippen LogP contribution < -0.4 is 0 Å². The van der Waals surface area contributed by atoms with Crippen LogP contribution in [0.25, 0.3) is 0 Å². The smallest absolute Gasteiger partial charge is 0.289 e. The lowest BCUT2D eigenvalue weighted by atomic mass is 9.96. The fraction of sp³-hybridized carbons (Fsp3) is 0.667. The maximum absolute atomic E-state index is 12.1. The molecule has 2 rings (SSSR count). The second-order valence-corrected chi connectivity index (χ2v) is 5.20. The molecule has 0 N–H and O–H groups in total. The van der Waals surface area contributed by atoms with Crippen LogP contribution in [0.5, 0.6) is 0 Å². The molecule has 0 aliphatic carbocycles. The number of amides is 1. The van der Waals surface area contributed by atoms with Gasteiger partial charge in [0.05, 0.1) is 6.26 Å². The van der Waals surface area contributed by atoms with Crippen molar-refractivity contribution in [2.75, 3.05) is 32.7 Å². The van der Waals surface area contributed by atoms with Crippen LogP contribution >= 0.6 is 0 Å². The predicted octanol–water partition coefficient (Wildman–Crippen LogP) is 2.47. The van der Waals surface area contributed by atoms with Crippen LogP contribution in [0.15, 0.2) is 22.8 Å². The van der Waals surface area contributed by atoms with Crippen molar-refractivity contribution < 1.29 is 9.21 Å². The average Bonchev–Trinajstić information content (AvgIpc) is 2.99. The Morgan fingerprint density at radius 3 is 2.58 bits per heavy atom. The molecule has 2 heterocycles. The number of carbonyl (C=O) groups excluding carboxylic acids is 1. The minimum atomic E-state index is 0.0336. The molecule has 0 bridgehead atoms. The van der Waals surface area contributed by atoms with Gasteiger partial charge >= 0.3 is 0 Å². The first-order chi connectivity index (χ1) is 9.24. The van der Waals surface area contributed by atoms with Crippen LogP contribution in [0, 0.1) is 5.92 Å². The molecule has 0 saturated carbocycles. The third-order valence-electron chi connectivity index (χ3n) is 4.04. The molecular weight excluding hydrogens is 240 g/mol. The van der Waals surface area contributed by atoms with E-state index in [0.29, 0.717) is 5.76 Å². The normalized spacial score (nSPS) is 17.1. The molecule has 1 aliphatic heterocycles. The van der Waals surface area contributed by atoms with Crippen molar-refractivity contribution in [3.05, 3.63) is 24.2 Å². The summed E-state index contributed by atoms with van der Waals surface area (Å²) in [5.74, 6) is 1.22. The fourth-order valence-corrected chi connectivity index (χ4v) is 2.72. The Hall–Kier alpha value is -1.29. The van der Waals surface area contributed by atoms with Gasteiger partial charge in [0.15, 0.2) is 5.76 Å². The van der Waals surface area contributed by atoms with Crippen molar-refractivity contribution in [3.8, 4) is 0 Å². The number of likely N-dealkylation sites (tertiary alicyclic amines) is 1. The van der Waals surface area contributed by atoms with Gasteiger partial charge in [0.1, 0.15) is 0 Å². The molecule has 106 valence electrons. The Kier molecular flexibility index (Phi) is 5.02. The summed E-state index contributed by atoms with van der Waals surface area (Å²) >= 11 is 0. The maximum atomic E-state index is 12.1. The number of rotatable bonds is 5. The number of carbonyl (C=O) groups is 1. The minimum Gasteiger partial charge on any atom is -0.459 e. The van der Waals surface area contributed by atoms with Crippen molar-refractivity contribution in [1.82, 2.24) is 9.80 Å². The van der Waals surface area contributed by atoms with E-state index in [4.69, 9.17) is 4.42 Å². The maximum Gasteiger partial charge on any atom is 0.289 e. The Morgan fingerprint density at radius 2 is 2.05 bits per heavy atom. The van der Waals surface area contributed by atoms with E-state index in [-0.39, 0.29) is 5.91 Å². The second-order valence-electron chi connectivity index (χ2n) is 5.20. The molecule has 0 spiro atoms. The lowest BCUT2D eigenvalue weighted by Gasteiger charge is -2.34. The summed E-state index contributed by atoms with van der Waals surface area (Å²) in [6.07, 6.45) is 3.76. The third kappa shape index (κ3) is 3.60. The largest absolute Gasteiger partial charge is 0.459 e. The zero-order valence-electron chi connectivity index (χ0n) is 12.0. The summed E-state index contributed by atoms with van der Waals surface area (Å²) in [5, 5.41) is 0. The van der Waals surface area contributed by atoms with Gasteiger partial charge in [-0.05, 0) is 44.0 Å². The summed E-state index contributed by atoms with van der Waals surface area (Å²) in [5.41, 5.74) is 0. The van der Waals surface area contributed by atoms with Gasteiger partial charge in [-0.3, -0.25) is 4.79 Å². The first-order valence-electron chi connectivity index (χ1n) is 7.29. The molecule has 1 aromatic rings. The van der Waals surface area contributed by atoms with E-state index in [1.165, 1.54) is 0 Å². The van der Waals surface area contributed by atoms with E-state index in [2.05, 4.69) is 18.7 Å². The number of hydrogen-bond acceptors (Lipinski definition) is 3. The highest BCUT2D eigenvalue weighted by atomic mass is 16.3. The Morgan fingerprint density at radius 1 is 1.37 bits per heavy atom. The molecule has 0 atom stereocenters. The highest BCUT2D eigenvalue weighted by molar-refractivity contribution is 5.91. The first kappa shape index (κ1) is 14.1. The molecular formula is C15H24N2O2. The Labute approximate surface area is 115 Å². The quantitative estimate of drug-likeness (QED) is 0.820. The Bertz CT molecular complexity index is 377. The van der Waals surface area contributed by atoms with Crippen molar-refractivity contribution in [3.63, 3.8) is 0 Å². The molecule has 19 heavy (non-hydrogen) atoms. The van der Waals surface area contributed by atoms with Crippen LogP contribution in [0.3, 0.4) is 0 Å². The number of hydrogen-bond donors (Lipinski definition) is 0. The number of nitrogens with zero attached hydrogens (tertiary/aromatic N) is 2. The van der Waals surface area contributed by atoms with Crippen molar-refractivity contribution >= 4 is 5.91 Å². The first-order valence-corrected chi connectivity index (χ1v) is 7.29. The van der Waals surface area contributed by atoms with Crippen LogP contribution in [-0.4, -0.2) is 48.4 Å². The van der Waals surface area contributed by atoms with E-state index in [1.807, 2.05) is 4.90 Å². The molecule has 0 radical (unpaired) electrons. The number of piperidine rings is 1. The molecule has 1 saturated heterocycles. The average molecular weight is 264 g/mol. The SMILES string of the molecule is CCN(CC)CC1CCN(C(=O)c2ccco2)CC1. The fourth-order valence-electron chi connectivity index (χ4n) is 2.72. The van der Waals surface area contributed by atoms with Crippen molar-refractivity contribution in [1.29, 1.82) is 0 Å². The zero-order valence-corrected chi connectivity index (χ0v) is 12.0. The topological polar surface area (TPSA) is 36.7 Å². The monoisotopic (exact) mass is 264 g/mol. The zero-order chi connectivity index (χ0) is 13.7. The molecule has 1 aromatic heterocycles. The lowest BCUT2D eigenvalue weighted by molar-refractivity contribution is 0.0638. The van der Waals surface area contributed by atoms with Gasteiger partial charge in [-0.25, -0.2) is 0 Å². The van der Waals surface area contributed by atoms with Gasteiger partial charge in [-0.15, -0.1) is 0 Å². The van der Waals surface area contributed by atoms with E-state index in [9.17, 15) is 4.79 Å². The van der Waals surface area contributed by atoms with E-state index in [1.54, 1.807) is 18.4 Å². The van der Waals surface area contributed by atoms with Gasteiger partial charge in [0, 0.05) is 19.6 Å². The van der Waals surface area contributed by atoms with Crippen molar-refractivity contribution in [2.45, 2.75) is 26.7 Å². The van der Waals surface area contributed by atoms with Crippen molar-refractivity contribution in [2.24, 2.45) is 5.92 Å². The minimum absolute atomic E-state index is 0.0336. The van der Waals surface area contributed by atoms with Gasteiger partial charge in [0.25, 0.3) is 5.91 Å². The molecule has 4 nitrogen and oxygen atoms in total. The molecule has 0 aromatic carbocycles. The molecule has 1 fully saturated rings. The van der Waals surface area contributed by atoms with Gasteiger partial charge in [-0.1, -0.05) is 13.8 Å². The summed E-state index contributed by atoms with van der Waals surface area (Å²) in [7, 11) is 0. The van der Waals surface area contributed by atoms with Crippen LogP contribution in [0.2, 0.25) is 0 Å². The molecule has 1 aliphatic rings. The Balaban J connectivity index is 1.81. The number of furan rings is 1. The second kappa shape index (κ2) is 6.75. The van der Waals surface area contributed by atoms with Gasteiger partial charge in [-0.2, -0.15) is 0 Å². The van der Waals surface area contributed by atoms with E-state index >= 15 is 0 Å². The highest BCUT2D eigenvalue weighted by Gasteiger charge is 2.25. The standard InChI is InChI=1S/C15H24N2O2/c1-3-16(4-2)12-13-7-9-17(10-8-13)15(18)14-6-5-11-19-14/h5-6,11,13H,3-4,7-10,12H2,1-2H3.